The number of hydrogen-bond donors (Lipinski definition) is 2. The minimum atomic E-state index is -0.197. The Morgan fingerprint density at radius 2 is 1.91 bits per heavy atom. The molecule has 2 aromatic heterocycles. The number of imidazole rings is 1. The second kappa shape index (κ2) is 10.2. The van der Waals surface area contributed by atoms with E-state index in [9.17, 15) is 9.59 Å². The molecule has 33 heavy (non-hydrogen) atoms. The average Bonchev–Trinajstić information content (AvgIpc) is 3.45. The van der Waals surface area contributed by atoms with Gasteiger partial charge in [0.2, 0.25) is 5.91 Å². The summed E-state index contributed by atoms with van der Waals surface area (Å²) in [6.45, 7) is 4.16. The van der Waals surface area contributed by atoms with Crippen LogP contribution in [0.4, 0.5) is 5.69 Å². The summed E-state index contributed by atoms with van der Waals surface area (Å²) >= 11 is 1.33. The summed E-state index contributed by atoms with van der Waals surface area (Å²) in [7, 11) is 0. The predicted molar refractivity (Wildman–Crippen MR) is 129 cm³/mol. The van der Waals surface area contributed by atoms with Gasteiger partial charge in [0.15, 0.2) is 5.16 Å². The van der Waals surface area contributed by atoms with Crippen molar-refractivity contribution in [1.82, 2.24) is 14.9 Å². The van der Waals surface area contributed by atoms with E-state index in [0.717, 1.165) is 22.7 Å². The van der Waals surface area contributed by atoms with Gasteiger partial charge in [0.05, 0.1) is 12.3 Å². The number of nitrogens with one attached hydrogen (secondary N) is 2. The average molecular weight is 461 g/mol. The molecule has 0 radical (unpaired) electrons. The molecule has 0 spiro atoms. The minimum Gasteiger partial charge on any atom is -0.465 e. The third-order valence-corrected chi connectivity index (χ3v) is 5.81. The first-order valence-corrected chi connectivity index (χ1v) is 11.4. The second-order valence-corrected chi connectivity index (χ2v) is 8.47. The second-order valence-electron chi connectivity index (χ2n) is 7.53. The molecule has 0 unspecified atom stereocenters. The molecule has 0 saturated carbocycles. The highest BCUT2D eigenvalue weighted by Gasteiger charge is 2.12. The standard InChI is InChI=1S/C25H24N4O3S/c1-17-5-3-7-20(13-17)28-23(30)16-33-25-26-11-12-29(25)21-8-4-6-19(14-21)24(31)27-15-22-10-9-18(2)32-22/h3-14H,15-16H2,1-2H3,(H,27,31)(H,28,30). The van der Waals surface area contributed by atoms with Gasteiger partial charge < -0.3 is 15.1 Å². The molecule has 0 aliphatic rings. The van der Waals surface area contributed by atoms with Gasteiger partial charge in [-0.15, -0.1) is 0 Å². The van der Waals surface area contributed by atoms with Crippen LogP contribution in [0.2, 0.25) is 0 Å². The molecular formula is C25H24N4O3S. The van der Waals surface area contributed by atoms with Crippen molar-refractivity contribution in [3.05, 3.63) is 95.7 Å². The number of nitrogens with zero attached hydrogens (tertiary/aromatic N) is 2. The Morgan fingerprint density at radius 1 is 1.06 bits per heavy atom. The van der Waals surface area contributed by atoms with E-state index in [1.165, 1.54) is 11.8 Å². The maximum Gasteiger partial charge on any atom is 0.251 e. The van der Waals surface area contributed by atoms with Gasteiger partial charge in [0.1, 0.15) is 11.5 Å². The zero-order valence-corrected chi connectivity index (χ0v) is 19.2. The van der Waals surface area contributed by atoms with Gasteiger partial charge in [-0.2, -0.15) is 0 Å². The van der Waals surface area contributed by atoms with Crippen LogP contribution in [0.1, 0.15) is 27.4 Å². The predicted octanol–water partition coefficient (Wildman–Crippen LogP) is 4.74. The summed E-state index contributed by atoms with van der Waals surface area (Å²) in [5.41, 5.74) is 3.17. The molecule has 0 bridgehead atoms. The number of aryl methyl sites for hydroxylation is 2. The molecule has 0 aliphatic heterocycles. The van der Waals surface area contributed by atoms with Crippen LogP contribution in [0.5, 0.6) is 0 Å². The van der Waals surface area contributed by atoms with E-state index in [4.69, 9.17) is 4.42 Å². The SMILES string of the molecule is Cc1cccc(NC(=O)CSc2nccn2-c2cccc(C(=O)NCc3ccc(C)o3)c2)c1. The number of aromatic nitrogens is 2. The number of carbonyl (C=O) groups excluding carboxylic acids is 2. The number of hydrogen-bond acceptors (Lipinski definition) is 5. The monoisotopic (exact) mass is 460 g/mol. The van der Waals surface area contributed by atoms with Crippen molar-refractivity contribution in [3.8, 4) is 5.69 Å². The Morgan fingerprint density at radius 3 is 2.70 bits per heavy atom. The zero-order chi connectivity index (χ0) is 23.2. The number of amides is 2. The quantitative estimate of drug-likeness (QED) is 0.371. The van der Waals surface area contributed by atoms with Gasteiger partial charge in [0, 0.05) is 29.3 Å². The Labute approximate surface area is 196 Å². The Balaban J connectivity index is 1.39. The fourth-order valence-electron chi connectivity index (χ4n) is 3.29. The first kappa shape index (κ1) is 22.4. The summed E-state index contributed by atoms with van der Waals surface area (Å²) in [5, 5.41) is 6.43. The van der Waals surface area contributed by atoms with Crippen LogP contribution in [-0.2, 0) is 11.3 Å². The van der Waals surface area contributed by atoms with Crippen molar-refractivity contribution in [3.63, 3.8) is 0 Å². The third kappa shape index (κ3) is 5.93. The summed E-state index contributed by atoms with van der Waals surface area (Å²) in [5.74, 6) is 1.42. The van der Waals surface area contributed by atoms with Crippen molar-refractivity contribution in [2.24, 2.45) is 0 Å². The first-order chi connectivity index (χ1) is 16.0. The maximum absolute atomic E-state index is 12.6. The van der Waals surface area contributed by atoms with E-state index in [-0.39, 0.29) is 17.6 Å². The van der Waals surface area contributed by atoms with Crippen molar-refractivity contribution < 1.29 is 14.0 Å². The lowest BCUT2D eigenvalue weighted by Gasteiger charge is -2.10. The number of thioether (sulfide) groups is 1. The molecule has 2 heterocycles. The maximum atomic E-state index is 12.6. The van der Waals surface area contributed by atoms with E-state index in [0.29, 0.717) is 23.0 Å². The van der Waals surface area contributed by atoms with Gasteiger partial charge in [0.25, 0.3) is 5.91 Å². The van der Waals surface area contributed by atoms with Crippen LogP contribution >= 0.6 is 11.8 Å². The van der Waals surface area contributed by atoms with Crippen molar-refractivity contribution in [2.75, 3.05) is 11.1 Å². The molecular weight excluding hydrogens is 436 g/mol. The van der Waals surface area contributed by atoms with Gasteiger partial charge >= 0.3 is 0 Å². The van der Waals surface area contributed by atoms with Gasteiger partial charge in [-0.05, 0) is 61.9 Å². The van der Waals surface area contributed by atoms with Crippen LogP contribution in [0, 0.1) is 13.8 Å². The fraction of sp³-hybridized carbons (Fsp3) is 0.160. The van der Waals surface area contributed by atoms with Crippen LogP contribution in [0.3, 0.4) is 0 Å². The minimum absolute atomic E-state index is 0.110. The van der Waals surface area contributed by atoms with Gasteiger partial charge in [-0.25, -0.2) is 4.98 Å². The largest absolute Gasteiger partial charge is 0.465 e. The fourth-order valence-corrected chi connectivity index (χ4v) is 4.06. The van der Waals surface area contributed by atoms with Crippen LogP contribution < -0.4 is 10.6 Å². The molecule has 2 amide bonds. The van der Waals surface area contributed by atoms with Crippen LogP contribution in [0.25, 0.3) is 5.69 Å². The van der Waals surface area contributed by atoms with E-state index in [1.54, 1.807) is 18.3 Å². The van der Waals surface area contributed by atoms with Gasteiger partial charge in [-0.1, -0.05) is 30.0 Å². The summed E-state index contributed by atoms with van der Waals surface area (Å²) < 4.78 is 7.35. The van der Waals surface area contributed by atoms with E-state index >= 15 is 0 Å². The number of rotatable bonds is 8. The molecule has 4 aromatic rings. The lowest BCUT2D eigenvalue weighted by Crippen LogP contribution is -2.22. The van der Waals surface area contributed by atoms with E-state index in [1.807, 2.05) is 73.1 Å². The van der Waals surface area contributed by atoms with Crippen molar-refractivity contribution >= 4 is 29.3 Å². The molecule has 0 atom stereocenters. The van der Waals surface area contributed by atoms with Gasteiger partial charge in [-0.3, -0.25) is 14.2 Å². The highest BCUT2D eigenvalue weighted by molar-refractivity contribution is 7.99. The highest BCUT2D eigenvalue weighted by atomic mass is 32.2. The smallest absolute Gasteiger partial charge is 0.251 e. The Kier molecular flexibility index (Phi) is 6.95. The lowest BCUT2D eigenvalue weighted by molar-refractivity contribution is -0.113. The Hall–Kier alpha value is -3.78. The van der Waals surface area contributed by atoms with E-state index < -0.39 is 0 Å². The molecule has 4 rings (SSSR count). The topological polar surface area (TPSA) is 89.2 Å². The number of benzene rings is 2. The summed E-state index contributed by atoms with van der Waals surface area (Å²) in [6.07, 6.45) is 3.48. The van der Waals surface area contributed by atoms with Crippen LogP contribution in [0.15, 0.2) is 82.6 Å². The number of furan rings is 1. The zero-order valence-electron chi connectivity index (χ0n) is 18.4. The molecule has 8 heteroatoms. The third-order valence-electron chi connectivity index (χ3n) is 4.85. The first-order valence-electron chi connectivity index (χ1n) is 10.4. The molecule has 0 fully saturated rings. The van der Waals surface area contributed by atoms with Crippen molar-refractivity contribution in [2.45, 2.75) is 25.5 Å². The normalized spacial score (nSPS) is 10.7. The molecule has 2 N–H and O–H groups in total. The summed E-state index contributed by atoms with van der Waals surface area (Å²) in [4.78, 5) is 29.4. The molecule has 2 aromatic carbocycles. The number of anilines is 1. The summed E-state index contributed by atoms with van der Waals surface area (Å²) in [6, 6.07) is 18.6. The van der Waals surface area contributed by atoms with Crippen molar-refractivity contribution in [1.29, 1.82) is 0 Å². The van der Waals surface area contributed by atoms with E-state index in [2.05, 4.69) is 15.6 Å². The highest BCUT2D eigenvalue weighted by Crippen LogP contribution is 2.22. The van der Waals surface area contributed by atoms with Crippen LogP contribution in [-0.4, -0.2) is 27.1 Å². The number of carbonyl (C=O) groups is 2. The molecule has 7 nitrogen and oxygen atoms in total. The molecule has 168 valence electrons. The molecule has 0 aliphatic carbocycles. The molecule has 0 saturated heterocycles. The lowest BCUT2D eigenvalue weighted by atomic mass is 10.2. The Bertz CT molecular complexity index is 1280.